The van der Waals surface area contributed by atoms with Gasteiger partial charge in [-0.3, -0.25) is 0 Å². The lowest BCUT2D eigenvalue weighted by Gasteiger charge is -2.26. The highest BCUT2D eigenvalue weighted by atomic mass is 15.1. The fraction of sp³-hybridized carbons (Fsp3) is 0. The van der Waals surface area contributed by atoms with Crippen LogP contribution >= 0.6 is 0 Å². The van der Waals surface area contributed by atoms with Gasteiger partial charge in [-0.25, -0.2) is 0 Å². The number of benzene rings is 10. The third-order valence-corrected chi connectivity index (χ3v) is 10.1. The lowest BCUT2D eigenvalue weighted by Crippen LogP contribution is -2.09. The third kappa shape index (κ3) is 6.66. The second-order valence-electron chi connectivity index (χ2n) is 13.6. The van der Waals surface area contributed by atoms with Crippen molar-refractivity contribution in [1.82, 2.24) is 0 Å². The summed E-state index contributed by atoms with van der Waals surface area (Å²) in [4.78, 5) is 0.861. The van der Waals surface area contributed by atoms with E-state index in [2.05, 4.69) is 0 Å². The van der Waals surface area contributed by atoms with Gasteiger partial charge in [0.05, 0.1) is 16.4 Å². The van der Waals surface area contributed by atoms with E-state index in [4.69, 9.17) is 0 Å². The van der Waals surface area contributed by atoms with Crippen LogP contribution in [0.1, 0.15) is 16.4 Å². The van der Waals surface area contributed by atoms with Crippen LogP contribution in [0.4, 0.5) is 17.1 Å². The Hall–Kier alpha value is -7.48. The maximum Gasteiger partial charge on any atom is 0.0645 e. The minimum Gasteiger partial charge on any atom is -0.311 e. The number of fused-ring (bicyclic) bond motifs is 2. The standard InChI is InChI=1S/C56H39N/c1-3-12-40(13-4-1)41-22-24-42(25-23-41)43-26-33-49(34-27-43)57(50-35-28-46(29-36-50)53-21-11-18-44-14-7-9-19-52(44)53)51-37-30-47(31-38-51)55-39-32-45-15-8-10-20-54(45)56(55)48-16-5-2-6-17-48/h1-39H/i26D,27D,28D,29D,30D,31D,33D,34D,35D,36D,37D,38D. The van der Waals surface area contributed by atoms with Gasteiger partial charge in [-0.05, 0) is 113 Å². The Bertz CT molecular complexity index is 3600. The zero-order chi connectivity index (χ0) is 48.4. The van der Waals surface area contributed by atoms with Crippen LogP contribution in [0.15, 0.2) is 236 Å². The van der Waals surface area contributed by atoms with E-state index >= 15 is 0 Å². The van der Waals surface area contributed by atoms with Gasteiger partial charge in [0.25, 0.3) is 0 Å². The molecule has 0 N–H and O–H groups in total. The van der Waals surface area contributed by atoms with Crippen molar-refractivity contribution >= 4 is 38.6 Å². The molecule has 0 spiro atoms. The largest absolute Gasteiger partial charge is 0.311 e. The smallest absolute Gasteiger partial charge is 0.0645 e. The highest BCUT2D eigenvalue weighted by molar-refractivity contribution is 6.04. The average molecular weight is 738 g/mol. The van der Waals surface area contributed by atoms with Gasteiger partial charge in [0.15, 0.2) is 0 Å². The molecule has 0 aromatic heterocycles. The molecule has 57 heavy (non-hydrogen) atoms. The quantitative estimate of drug-likeness (QED) is 0.150. The summed E-state index contributed by atoms with van der Waals surface area (Å²) >= 11 is 0. The zero-order valence-corrected chi connectivity index (χ0v) is 30.5. The van der Waals surface area contributed by atoms with Crippen molar-refractivity contribution in [3.8, 4) is 55.6 Å². The number of nitrogens with zero attached hydrogens (tertiary/aromatic N) is 1. The Kier molecular flexibility index (Phi) is 6.16. The van der Waals surface area contributed by atoms with E-state index in [1.165, 1.54) is 0 Å². The van der Waals surface area contributed by atoms with E-state index in [1.54, 1.807) is 36.4 Å². The van der Waals surface area contributed by atoms with Crippen molar-refractivity contribution in [3.05, 3.63) is 236 Å². The zero-order valence-electron chi connectivity index (χ0n) is 42.5. The van der Waals surface area contributed by atoms with Crippen LogP contribution in [-0.2, 0) is 0 Å². The molecule has 10 aromatic rings. The normalized spacial score (nSPS) is 14.1. The van der Waals surface area contributed by atoms with Gasteiger partial charge in [-0.2, -0.15) is 0 Å². The van der Waals surface area contributed by atoms with Crippen molar-refractivity contribution in [1.29, 1.82) is 0 Å². The first-order valence-electron chi connectivity index (χ1n) is 24.6. The molecule has 0 heterocycles. The van der Waals surface area contributed by atoms with Crippen LogP contribution in [-0.4, -0.2) is 0 Å². The topological polar surface area (TPSA) is 3.24 Å². The Morgan fingerprint density at radius 2 is 0.684 bits per heavy atom. The van der Waals surface area contributed by atoms with E-state index in [0.717, 1.165) is 37.7 Å². The molecule has 0 atom stereocenters. The van der Waals surface area contributed by atoms with Crippen LogP contribution in [0.3, 0.4) is 0 Å². The van der Waals surface area contributed by atoms with E-state index < -0.39 is 89.6 Å². The minimum atomic E-state index is -0.675. The number of rotatable bonds is 8. The monoisotopic (exact) mass is 737 g/mol. The summed E-state index contributed by atoms with van der Waals surface area (Å²) in [5.74, 6) is 0. The predicted molar refractivity (Wildman–Crippen MR) is 243 cm³/mol. The highest BCUT2D eigenvalue weighted by Gasteiger charge is 2.16. The SMILES string of the molecule is [2H]c1c([2H])c(N(c2c([2H])c([2H])c(-c3ccc4ccccc4c3-c3ccccc3)c([2H])c2[2H])c2c([2H])c([2H])c(-c3cccc4ccccc34)c([2H])c2[2H])c([2H])c([2H])c1-c1ccc(-c2ccccc2)cc1. The second-order valence-corrected chi connectivity index (χ2v) is 13.6. The van der Waals surface area contributed by atoms with Crippen molar-refractivity contribution in [2.24, 2.45) is 0 Å². The number of hydrogen-bond acceptors (Lipinski definition) is 1. The van der Waals surface area contributed by atoms with E-state index in [0.29, 0.717) is 27.6 Å². The fourth-order valence-electron chi connectivity index (χ4n) is 7.30. The molecule has 10 rings (SSSR count). The van der Waals surface area contributed by atoms with Crippen LogP contribution in [0, 0.1) is 0 Å². The molecule has 0 fully saturated rings. The van der Waals surface area contributed by atoms with Gasteiger partial charge in [-0.1, -0.05) is 200 Å². The van der Waals surface area contributed by atoms with Crippen molar-refractivity contribution in [2.45, 2.75) is 0 Å². The summed E-state index contributed by atoms with van der Waals surface area (Å²) in [6, 6.07) is 42.7. The maximum atomic E-state index is 9.76. The molecule has 0 aliphatic carbocycles. The van der Waals surface area contributed by atoms with Crippen molar-refractivity contribution < 1.29 is 16.4 Å². The molecule has 268 valence electrons. The minimum absolute atomic E-state index is 0.0426. The Morgan fingerprint density at radius 1 is 0.263 bits per heavy atom. The Morgan fingerprint density at radius 3 is 1.28 bits per heavy atom. The van der Waals surface area contributed by atoms with Gasteiger partial charge in [0, 0.05) is 17.1 Å². The van der Waals surface area contributed by atoms with Crippen LogP contribution < -0.4 is 4.90 Å². The lowest BCUT2D eigenvalue weighted by molar-refractivity contribution is 1.28. The summed E-state index contributed by atoms with van der Waals surface area (Å²) in [6.07, 6.45) is 0. The summed E-state index contributed by atoms with van der Waals surface area (Å²) in [6.45, 7) is 0. The second kappa shape index (κ2) is 15.0. The Labute approximate surface area is 351 Å². The summed E-state index contributed by atoms with van der Waals surface area (Å²) < 4.78 is 115. The molecule has 1 nitrogen and oxygen atoms in total. The molecular formula is C56H39N. The van der Waals surface area contributed by atoms with Crippen LogP contribution in [0.25, 0.3) is 77.2 Å². The molecule has 0 amide bonds. The highest BCUT2D eigenvalue weighted by Crippen LogP contribution is 2.41. The summed E-state index contributed by atoms with van der Waals surface area (Å²) in [7, 11) is 0. The first-order chi connectivity index (χ1) is 33.3. The van der Waals surface area contributed by atoms with Gasteiger partial charge < -0.3 is 4.90 Å². The van der Waals surface area contributed by atoms with Gasteiger partial charge in [0.1, 0.15) is 0 Å². The summed E-state index contributed by atoms with van der Waals surface area (Å²) in [5, 5.41) is 3.14. The van der Waals surface area contributed by atoms with E-state index in [9.17, 15) is 16.4 Å². The maximum absolute atomic E-state index is 9.76. The number of hydrogen-bond donors (Lipinski definition) is 0. The summed E-state index contributed by atoms with van der Waals surface area (Å²) in [5.41, 5.74) is 2.48. The Balaban J connectivity index is 1.26. The van der Waals surface area contributed by atoms with E-state index in [-0.39, 0.29) is 16.7 Å². The molecule has 0 unspecified atom stereocenters. The molecule has 0 radical (unpaired) electrons. The molecule has 1 heteroatoms. The lowest BCUT2D eigenvalue weighted by atomic mass is 9.90. The van der Waals surface area contributed by atoms with E-state index in [1.807, 2.05) is 127 Å². The van der Waals surface area contributed by atoms with Crippen molar-refractivity contribution in [3.63, 3.8) is 0 Å². The number of anilines is 3. The molecule has 0 bridgehead atoms. The molecular weight excluding hydrogens is 687 g/mol. The van der Waals surface area contributed by atoms with Crippen LogP contribution in [0.5, 0.6) is 0 Å². The fourth-order valence-corrected chi connectivity index (χ4v) is 7.30. The van der Waals surface area contributed by atoms with Gasteiger partial charge in [0.2, 0.25) is 0 Å². The molecule has 0 saturated heterocycles. The predicted octanol–water partition coefficient (Wildman–Crippen LogP) is 15.8. The van der Waals surface area contributed by atoms with Gasteiger partial charge in [-0.15, -0.1) is 0 Å². The van der Waals surface area contributed by atoms with Crippen molar-refractivity contribution in [2.75, 3.05) is 4.90 Å². The molecule has 0 saturated carbocycles. The van der Waals surface area contributed by atoms with Gasteiger partial charge >= 0.3 is 0 Å². The molecule has 10 aromatic carbocycles. The first kappa shape index (κ1) is 23.4. The first-order valence-corrected chi connectivity index (χ1v) is 18.6. The average Bonchev–Trinajstić information content (AvgIpc) is 3.37. The van der Waals surface area contributed by atoms with Crippen LogP contribution in [0.2, 0.25) is 0 Å². The molecule has 0 aliphatic rings. The molecule has 0 aliphatic heterocycles. The third-order valence-electron chi connectivity index (χ3n) is 10.1.